The number of hydrogen-bond donors (Lipinski definition) is 1. The van der Waals surface area contributed by atoms with Gasteiger partial charge in [-0.3, -0.25) is 0 Å². The molecule has 1 N–H and O–H groups in total. The van der Waals surface area contributed by atoms with Crippen molar-refractivity contribution in [1.82, 2.24) is 9.97 Å². The molecular weight excluding hydrogens is 271 g/mol. The van der Waals surface area contributed by atoms with Crippen molar-refractivity contribution < 1.29 is 17.9 Å². The SMILES string of the molecule is CCNc1cc(Oc2ccccc2C(F)(F)F)ncn1. The maximum atomic E-state index is 12.8. The Morgan fingerprint density at radius 1 is 1.20 bits per heavy atom. The number of anilines is 1. The lowest BCUT2D eigenvalue weighted by Crippen LogP contribution is -2.07. The summed E-state index contributed by atoms with van der Waals surface area (Å²) in [5.41, 5.74) is -0.844. The topological polar surface area (TPSA) is 47.0 Å². The Labute approximate surface area is 113 Å². The lowest BCUT2D eigenvalue weighted by atomic mass is 10.2. The van der Waals surface area contributed by atoms with Crippen LogP contribution in [0.2, 0.25) is 0 Å². The quantitative estimate of drug-likeness (QED) is 0.929. The van der Waals surface area contributed by atoms with Gasteiger partial charge in [0, 0.05) is 12.6 Å². The van der Waals surface area contributed by atoms with E-state index in [0.29, 0.717) is 12.4 Å². The molecule has 0 fully saturated rings. The van der Waals surface area contributed by atoms with E-state index < -0.39 is 11.7 Å². The molecule has 0 saturated carbocycles. The van der Waals surface area contributed by atoms with Crippen LogP contribution < -0.4 is 10.1 Å². The second-order valence-corrected chi connectivity index (χ2v) is 3.87. The van der Waals surface area contributed by atoms with Crippen LogP contribution in [0, 0.1) is 0 Å². The summed E-state index contributed by atoms with van der Waals surface area (Å²) in [6, 6.07) is 6.42. The van der Waals surface area contributed by atoms with Crippen molar-refractivity contribution in [3.8, 4) is 11.6 Å². The van der Waals surface area contributed by atoms with Crippen LogP contribution in [-0.2, 0) is 6.18 Å². The Kier molecular flexibility index (Phi) is 4.07. The van der Waals surface area contributed by atoms with Crippen molar-refractivity contribution in [2.75, 3.05) is 11.9 Å². The first kappa shape index (κ1) is 14.1. The average Bonchev–Trinajstić information content (AvgIpc) is 2.39. The number of halogens is 3. The van der Waals surface area contributed by atoms with Crippen molar-refractivity contribution in [3.05, 3.63) is 42.2 Å². The molecule has 2 aromatic rings. The molecule has 1 aromatic heterocycles. The summed E-state index contributed by atoms with van der Waals surface area (Å²) in [7, 11) is 0. The number of nitrogens with one attached hydrogen (secondary N) is 1. The molecule has 106 valence electrons. The lowest BCUT2D eigenvalue weighted by molar-refractivity contribution is -0.138. The largest absolute Gasteiger partial charge is 0.438 e. The molecule has 7 heteroatoms. The molecule has 1 heterocycles. The Hall–Kier alpha value is -2.31. The summed E-state index contributed by atoms with van der Waals surface area (Å²) in [6.45, 7) is 2.51. The van der Waals surface area contributed by atoms with Gasteiger partial charge in [-0.2, -0.15) is 13.2 Å². The summed E-state index contributed by atoms with van der Waals surface area (Å²) < 4.78 is 43.7. The Morgan fingerprint density at radius 3 is 2.65 bits per heavy atom. The van der Waals surface area contributed by atoms with Crippen molar-refractivity contribution in [2.45, 2.75) is 13.1 Å². The molecule has 0 saturated heterocycles. The molecule has 0 radical (unpaired) electrons. The number of aromatic nitrogens is 2. The maximum Gasteiger partial charge on any atom is 0.419 e. The first-order chi connectivity index (χ1) is 9.50. The summed E-state index contributed by atoms with van der Waals surface area (Å²) in [4.78, 5) is 7.72. The first-order valence-electron chi connectivity index (χ1n) is 5.90. The van der Waals surface area contributed by atoms with Crippen LogP contribution in [0.4, 0.5) is 19.0 Å². The van der Waals surface area contributed by atoms with Crippen LogP contribution in [0.3, 0.4) is 0 Å². The van der Waals surface area contributed by atoms with Crippen molar-refractivity contribution in [1.29, 1.82) is 0 Å². The highest BCUT2D eigenvalue weighted by atomic mass is 19.4. The van der Waals surface area contributed by atoms with Crippen molar-refractivity contribution in [3.63, 3.8) is 0 Å². The third-order valence-electron chi connectivity index (χ3n) is 2.41. The molecule has 0 bridgehead atoms. The minimum absolute atomic E-state index is 0.0488. The standard InChI is InChI=1S/C13H12F3N3O/c1-2-17-11-7-12(19-8-18-11)20-10-6-4-3-5-9(10)13(14,15)16/h3-8H,2H2,1H3,(H,17,18,19). The van der Waals surface area contributed by atoms with Crippen LogP contribution in [0.1, 0.15) is 12.5 Å². The van der Waals surface area contributed by atoms with E-state index in [1.165, 1.54) is 30.6 Å². The van der Waals surface area contributed by atoms with E-state index in [4.69, 9.17) is 4.74 Å². The number of ether oxygens (including phenoxy) is 1. The number of nitrogens with zero attached hydrogens (tertiary/aromatic N) is 2. The number of hydrogen-bond acceptors (Lipinski definition) is 4. The highest BCUT2D eigenvalue weighted by molar-refractivity contribution is 5.41. The summed E-state index contributed by atoms with van der Waals surface area (Å²) in [5, 5.41) is 2.93. The number of alkyl halides is 3. The lowest BCUT2D eigenvalue weighted by Gasteiger charge is -2.13. The average molecular weight is 283 g/mol. The molecule has 2 rings (SSSR count). The summed E-state index contributed by atoms with van der Waals surface area (Å²) >= 11 is 0. The molecular formula is C13H12F3N3O. The number of rotatable bonds is 4. The van der Waals surface area contributed by atoms with Gasteiger partial charge in [0.05, 0.1) is 5.56 Å². The van der Waals surface area contributed by atoms with E-state index in [1.54, 1.807) is 0 Å². The first-order valence-corrected chi connectivity index (χ1v) is 5.90. The smallest absolute Gasteiger partial charge is 0.419 e. The highest BCUT2D eigenvalue weighted by Gasteiger charge is 2.34. The molecule has 4 nitrogen and oxygen atoms in total. The molecule has 1 aromatic carbocycles. The minimum atomic E-state index is -4.48. The van der Waals surface area contributed by atoms with Crippen LogP contribution in [0.5, 0.6) is 11.6 Å². The van der Waals surface area contributed by atoms with Gasteiger partial charge in [0.2, 0.25) is 5.88 Å². The van der Waals surface area contributed by atoms with Crippen molar-refractivity contribution in [2.24, 2.45) is 0 Å². The third kappa shape index (κ3) is 3.37. The molecule has 20 heavy (non-hydrogen) atoms. The van der Waals surface area contributed by atoms with Gasteiger partial charge in [0.15, 0.2) is 0 Å². The predicted molar refractivity (Wildman–Crippen MR) is 67.7 cm³/mol. The van der Waals surface area contributed by atoms with E-state index in [1.807, 2.05) is 6.92 Å². The fourth-order valence-corrected chi connectivity index (χ4v) is 1.58. The monoisotopic (exact) mass is 283 g/mol. The molecule has 0 aliphatic heterocycles. The van der Waals surface area contributed by atoms with Gasteiger partial charge in [-0.05, 0) is 19.1 Å². The van der Waals surface area contributed by atoms with E-state index >= 15 is 0 Å². The van der Waals surface area contributed by atoms with Gasteiger partial charge in [0.25, 0.3) is 0 Å². The zero-order valence-electron chi connectivity index (χ0n) is 10.6. The molecule has 0 unspecified atom stereocenters. The van der Waals surface area contributed by atoms with Gasteiger partial charge in [-0.1, -0.05) is 12.1 Å². The zero-order valence-corrected chi connectivity index (χ0v) is 10.6. The summed E-state index contributed by atoms with van der Waals surface area (Å²) in [5.74, 6) is 0.246. The summed E-state index contributed by atoms with van der Waals surface area (Å²) in [6.07, 6.45) is -3.25. The molecule has 0 aliphatic carbocycles. The van der Waals surface area contributed by atoms with E-state index in [9.17, 15) is 13.2 Å². The Morgan fingerprint density at radius 2 is 1.95 bits per heavy atom. The van der Waals surface area contributed by atoms with Crippen LogP contribution >= 0.6 is 0 Å². The van der Waals surface area contributed by atoms with Crippen LogP contribution in [-0.4, -0.2) is 16.5 Å². The van der Waals surface area contributed by atoms with Gasteiger partial charge < -0.3 is 10.1 Å². The minimum Gasteiger partial charge on any atom is -0.438 e. The maximum absolute atomic E-state index is 12.8. The van der Waals surface area contributed by atoms with Gasteiger partial charge in [0.1, 0.15) is 17.9 Å². The highest BCUT2D eigenvalue weighted by Crippen LogP contribution is 2.37. The van der Waals surface area contributed by atoms with Crippen molar-refractivity contribution >= 4 is 5.82 Å². The van der Waals surface area contributed by atoms with Gasteiger partial charge in [-0.15, -0.1) is 0 Å². The van der Waals surface area contributed by atoms with Gasteiger partial charge >= 0.3 is 6.18 Å². The van der Waals surface area contributed by atoms with Crippen LogP contribution in [0.25, 0.3) is 0 Å². The molecule has 0 amide bonds. The fraction of sp³-hybridized carbons (Fsp3) is 0.231. The Bertz CT molecular complexity index is 587. The zero-order chi connectivity index (χ0) is 14.6. The van der Waals surface area contributed by atoms with E-state index in [2.05, 4.69) is 15.3 Å². The van der Waals surface area contributed by atoms with E-state index in [-0.39, 0.29) is 11.6 Å². The van der Waals surface area contributed by atoms with Crippen LogP contribution in [0.15, 0.2) is 36.7 Å². The predicted octanol–water partition coefficient (Wildman–Crippen LogP) is 3.72. The second-order valence-electron chi connectivity index (χ2n) is 3.87. The second kappa shape index (κ2) is 5.77. The molecule has 0 atom stereocenters. The Balaban J connectivity index is 2.28. The number of benzene rings is 1. The molecule has 0 aliphatic rings. The molecule has 0 spiro atoms. The fourth-order valence-electron chi connectivity index (χ4n) is 1.58. The third-order valence-corrected chi connectivity index (χ3v) is 2.41. The van der Waals surface area contributed by atoms with Gasteiger partial charge in [-0.25, -0.2) is 9.97 Å². The van der Waals surface area contributed by atoms with E-state index in [0.717, 1.165) is 6.07 Å². The number of para-hydroxylation sites is 1. The normalized spacial score (nSPS) is 11.2.